The Labute approximate surface area is 105 Å². The lowest BCUT2D eigenvalue weighted by Gasteiger charge is -2.09. The van der Waals surface area contributed by atoms with E-state index in [4.69, 9.17) is 0 Å². The van der Waals surface area contributed by atoms with Gasteiger partial charge in [0.1, 0.15) is 6.33 Å². The van der Waals surface area contributed by atoms with E-state index in [1.165, 1.54) is 5.56 Å². The molecule has 0 unspecified atom stereocenters. The fraction of sp³-hybridized carbons (Fsp3) is 0.0714. The van der Waals surface area contributed by atoms with Crippen molar-refractivity contribution in [3.8, 4) is 16.8 Å². The van der Waals surface area contributed by atoms with E-state index in [9.17, 15) is 0 Å². The Balaban J connectivity index is 2.21. The molecule has 0 amide bonds. The van der Waals surface area contributed by atoms with Gasteiger partial charge in [-0.1, -0.05) is 42.5 Å². The normalized spacial score (nSPS) is 10.5. The lowest BCUT2D eigenvalue weighted by Crippen LogP contribution is -1.98. The summed E-state index contributed by atoms with van der Waals surface area (Å²) in [5.41, 5.74) is 4.45. The minimum absolute atomic E-state index is 0.992. The number of rotatable bonds is 2. The zero-order chi connectivity index (χ0) is 12.4. The Kier molecular flexibility index (Phi) is 2.61. The molecule has 1 aromatic heterocycles. The molecule has 0 N–H and O–H groups in total. The highest BCUT2D eigenvalue weighted by molar-refractivity contribution is 5.73. The Morgan fingerprint density at radius 1 is 1.00 bits per heavy atom. The van der Waals surface area contributed by atoms with Crippen LogP contribution < -0.4 is 0 Å². The predicted octanol–water partition coefficient (Wildman–Crippen LogP) is 2.64. The van der Waals surface area contributed by atoms with Crippen LogP contribution in [0.2, 0.25) is 0 Å². The first-order valence-electron chi connectivity index (χ1n) is 5.74. The highest BCUT2D eigenvalue weighted by atomic mass is 15.5. The maximum absolute atomic E-state index is 3.97. The molecule has 18 heavy (non-hydrogen) atoms. The summed E-state index contributed by atoms with van der Waals surface area (Å²) in [4.78, 5) is 0. The van der Waals surface area contributed by atoms with E-state index in [0.29, 0.717) is 0 Å². The third kappa shape index (κ3) is 1.88. The van der Waals surface area contributed by atoms with Crippen molar-refractivity contribution in [3.05, 3.63) is 60.4 Å². The lowest BCUT2D eigenvalue weighted by molar-refractivity contribution is 0.789. The number of aryl methyl sites for hydroxylation is 1. The molecule has 0 aliphatic heterocycles. The van der Waals surface area contributed by atoms with Crippen LogP contribution in [-0.4, -0.2) is 20.2 Å². The van der Waals surface area contributed by atoms with E-state index in [-0.39, 0.29) is 0 Å². The monoisotopic (exact) mass is 236 g/mol. The Bertz CT molecular complexity index is 645. The van der Waals surface area contributed by atoms with Crippen molar-refractivity contribution in [2.45, 2.75) is 6.92 Å². The Morgan fingerprint density at radius 3 is 2.56 bits per heavy atom. The number of tetrazole rings is 1. The predicted molar refractivity (Wildman–Crippen MR) is 69.3 cm³/mol. The van der Waals surface area contributed by atoms with Crippen molar-refractivity contribution in [2.24, 2.45) is 0 Å². The molecule has 0 saturated heterocycles. The minimum Gasteiger partial charge on any atom is -0.200 e. The summed E-state index contributed by atoms with van der Waals surface area (Å²) in [5, 5.41) is 11.4. The molecule has 0 spiro atoms. The molecule has 0 aliphatic carbocycles. The lowest BCUT2D eigenvalue weighted by atomic mass is 10.0. The van der Waals surface area contributed by atoms with Gasteiger partial charge in [0.05, 0.1) is 5.69 Å². The summed E-state index contributed by atoms with van der Waals surface area (Å²) >= 11 is 0. The highest BCUT2D eigenvalue weighted by Crippen LogP contribution is 2.26. The Morgan fingerprint density at radius 2 is 1.83 bits per heavy atom. The van der Waals surface area contributed by atoms with Crippen LogP contribution in [0.5, 0.6) is 0 Å². The Hall–Kier alpha value is -2.49. The topological polar surface area (TPSA) is 43.6 Å². The minimum atomic E-state index is 0.992. The molecule has 0 radical (unpaired) electrons. The second kappa shape index (κ2) is 4.41. The van der Waals surface area contributed by atoms with Crippen LogP contribution in [0.4, 0.5) is 0 Å². The van der Waals surface area contributed by atoms with Crippen LogP contribution in [0.25, 0.3) is 16.8 Å². The van der Waals surface area contributed by atoms with Crippen LogP contribution in [-0.2, 0) is 0 Å². The molecule has 0 atom stereocenters. The van der Waals surface area contributed by atoms with Gasteiger partial charge in [0.25, 0.3) is 0 Å². The second-order valence-corrected chi connectivity index (χ2v) is 4.14. The fourth-order valence-corrected chi connectivity index (χ4v) is 1.96. The molecule has 0 fully saturated rings. The van der Waals surface area contributed by atoms with E-state index in [0.717, 1.165) is 16.8 Å². The molecule has 0 aliphatic rings. The van der Waals surface area contributed by atoms with Crippen molar-refractivity contribution >= 4 is 0 Å². The molecular formula is C14H12N4. The number of benzene rings is 2. The molecule has 3 rings (SSSR count). The molecule has 0 bridgehead atoms. The third-order valence-electron chi connectivity index (χ3n) is 2.83. The van der Waals surface area contributed by atoms with Gasteiger partial charge in [-0.3, -0.25) is 0 Å². The average molecular weight is 236 g/mol. The first-order chi connectivity index (χ1) is 8.84. The largest absolute Gasteiger partial charge is 0.200 e. The first kappa shape index (κ1) is 10.7. The zero-order valence-electron chi connectivity index (χ0n) is 9.99. The number of hydrogen-bond acceptors (Lipinski definition) is 3. The van der Waals surface area contributed by atoms with Crippen molar-refractivity contribution in [1.29, 1.82) is 0 Å². The standard InChI is InChI=1S/C14H12N4/c1-11-7-8-13(12-5-3-2-4-6-12)14(9-11)18-10-15-16-17-18/h2-10H,1H3. The molecule has 2 aromatic carbocycles. The summed E-state index contributed by atoms with van der Waals surface area (Å²) in [6.45, 7) is 2.06. The number of nitrogens with zero attached hydrogens (tertiary/aromatic N) is 4. The van der Waals surface area contributed by atoms with Crippen molar-refractivity contribution in [2.75, 3.05) is 0 Å². The molecule has 0 saturated carbocycles. The summed E-state index contributed by atoms with van der Waals surface area (Å²) in [6.07, 6.45) is 1.61. The fourth-order valence-electron chi connectivity index (χ4n) is 1.96. The van der Waals surface area contributed by atoms with Crippen LogP contribution in [0.1, 0.15) is 5.56 Å². The molecule has 88 valence electrons. The smallest absolute Gasteiger partial charge is 0.143 e. The quantitative estimate of drug-likeness (QED) is 0.687. The second-order valence-electron chi connectivity index (χ2n) is 4.14. The van der Waals surface area contributed by atoms with Crippen molar-refractivity contribution in [3.63, 3.8) is 0 Å². The van der Waals surface area contributed by atoms with Gasteiger partial charge in [0.15, 0.2) is 0 Å². The van der Waals surface area contributed by atoms with Gasteiger partial charge in [-0.2, -0.15) is 4.68 Å². The molecule has 4 nitrogen and oxygen atoms in total. The van der Waals surface area contributed by atoms with Gasteiger partial charge < -0.3 is 0 Å². The van der Waals surface area contributed by atoms with Gasteiger partial charge in [-0.25, -0.2) is 0 Å². The summed E-state index contributed by atoms with van der Waals surface area (Å²) in [7, 11) is 0. The number of aromatic nitrogens is 4. The van der Waals surface area contributed by atoms with E-state index in [1.807, 2.05) is 18.2 Å². The van der Waals surface area contributed by atoms with E-state index in [2.05, 4.69) is 52.8 Å². The van der Waals surface area contributed by atoms with E-state index >= 15 is 0 Å². The summed E-state index contributed by atoms with van der Waals surface area (Å²) in [6, 6.07) is 16.5. The summed E-state index contributed by atoms with van der Waals surface area (Å²) in [5.74, 6) is 0. The van der Waals surface area contributed by atoms with Gasteiger partial charge in [0.2, 0.25) is 0 Å². The van der Waals surface area contributed by atoms with Crippen LogP contribution in [0, 0.1) is 6.92 Å². The molecule has 4 heteroatoms. The maximum atomic E-state index is 3.97. The SMILES string of the molecule is Cc1ccc(-c2ccccc2)c(-n2cnnn2)c1. The molecule has 3 aromatic rings. The van der Waals surface area contributed by atoms with Crippen LogP contribution in [0.3, 0.4) is 0 Å². The highest BCUT2D eigenvalue weighted by Gasteiger charge is 2.08. The maximum Gasteiger partial charge on any atom is 0.143 e. The van der Waals surface area contributed by atoms with Gasteiger partial charge >= 0.3 is 0 Å². The van der Waals surface area contributed by atoms with E-state index in [1.54, 1.807) is 11.0 Å². The third-order valence-corrected chi connectivity index (χ3v) is 2.83. The number of hydrogen-bond donors (Lipinski definition) is 0. The van der Waals surface area contributed by atoms with Crippen LogP contribution in [0.15, 0.2) is 54.9 Å². The van der Waals surface area contributed by atoms with Gasteiger partial charge in [-0.05, 0) is 34.5 Å². The molecule has 1 heterocycles. The van der Waals surface area contributed by atoms with E-state index < -0.39 is 0 Å². The summed E-state index contributed by atoms with van der Waals surface area (Å²) < 4.78 is 1.69. The van der Waals surface area contributed by atoms with Crippen molar-refractivity contribution < 1.29 is 0 Å². The zero-order valence-corrected chi connectivity index (χ0v) is 9.99. The van der Waals surface area contributed by atoms with Crippen molar-refractivity contribution in [1.82, 2.24) is 20.2 Å². The van der Waals surface area contributed by atoms with Gasteiger partial charge in [0, 0.05) is 5.56 Å². The van der Waals surface area contributed by atoms with Gasteiger partial charge in [-0.15, -0.1) is 5.10 Å². The molecular weight excluding hydrogens is 224 g/mol. The average Bonchev–Trinajstić information content (AvgIpc) is 2.93. The first-order valence-corrected chi connectivity index (χ1v) is 5.74. The van der Waals surface area contributed by atoms with Crippen LogP contribution >= 0.6 is 0 Å².